The Kier molecular flexibility index (Phi) is 4.60. The van der Waals surface area contributed by atoms with Gasteiger partial charge in [0.1, 0.15) is 5.75 Å². The molecule has 0 unspecified atom stereocenters. The quantitative estimate of drug-likeness (QED) is 0.884. The molecule has 0 bridgehead atoms. The van der Waals surface area contributed by atoms with Crippen molar-refractivity contribution in [2.24, 2.45) is 5.92 Å². The monoisotopic (exact) mass is 315 g/mol. The number of carbonyl (C=O) groups is 1. The third-order valence-electron chi connectivity index (χ3n) is 4.57. The minimum absolute atomic E-state index is 0.0221. The molecule has 6 heteroatoms. The second kappa shape index (κ2) is 6.81. The highest BCUT2D eigenvalue weighted by molar-refractivity contribution is 5.86. The lowest BCUT2D eigenvalue weighted by Crippen LogP contribution is -2.12. The van der Waals surface area contributed by atoms with Crippen LogP contribution in [0.5, 0.6) is 5.75 Å². The molecule has 1 aliphatic rings. The number of aromatic hydroxyl groups is 1. The first-order chi connectivity index (χ1) is 11.1. The van der Waals surface area contributed by atoms with Crippen LogP contribution in [0.4, 0.5) is 0 Å². The van der Waals surface area contributed by atoms with Gasteiger partial charge in [0.2, 0.25) is 0 Å². The van der Waals surface area contributed by atoms with Gasteiger partial charge in [-0.05, 0) is 43.0 Å². The first-order valence-corrected chi connectivity index (χ1v) is 8.12. The van der Waals surface area contributed by atoms with Crippen LogP contribution in [0.2, 0.25) is 0 Å². The van der Waals surface area contributed by atoms with Gasteiger partial charge < -0.3 is 10.2 Å². The number of hydrogen-bond donors (Lipinski definition) is 2. The Morgan fingerprint density at radius 3 is 2.52 bits per heavy atom. The van der Waals surface area contributed by atoms with Crippen LogP contribution in [-0.4, -0.2) is 31.2 Å². The smallest absolute Gasteiger partial charge is 0.358 e. The van der Waals surface area contributed by atoms with E-state index in [1.54, 1.807) is 28.9 Å². The normalized spacial score (nSPS) is 15.7. The average Bonchev–Trinajstić information content (AvgIpc) is 2.99. The number of benzene rings is 1. The van der Waals surface area contributed by atoms with Crippen molar-refractivity contribution in [2.45, 2.75) is 44.9 Å². The van der Waals surface area contributed by atoms with Gasteiger partial charge >= 0.3 is 5.97 Å². The summed E-state index contributed by atoms with van der Waals surface area (Å²) in [5, 5.41) is 26.6. The van der Waals surface area contributed by atoms with Gasteiger partial charge in [-0.1, -0.05) is 37.3 Å². The molecule has 0 spiro atoms. The summed E-state index contributed by atoms with van der Waals surface area (Å²) >= 11 is 0. The molecule has 1 saturated carbocycles. The van der Waals surface area contributed by atoms with Crippen molar-refractivity contribution in [3.8, 4) is 11.4 Å². The average molecular weight is 315 g/mol. The molecule has 2 aromatic rings. The van der Waals surface area contributed by atoms with Gasteiger partial charge in [-0.15, -0.1) is 5.10 Å². The summed E-state index contributed by atoms with van der Waals surface area (Å²) in [5.41, 5.74) is 1.36. The Morgan fingerprint density at radius 1 is 1.17 bits per heavy atom. The maximum atomic E-state index is 11.4. The van der Waals surface area contributed by atoms with E-state index in [1.165, 1.54) is 32.1 Å². The molecule has 1 aliphatic carbocycles. The van der Waals surface area contributed by atoms with Gasteiger partial charge in [-0.2, -0.15) is 0 Å². The Bertz CT molecular complexity index is 673. The largest absolute Gasteiger partial charge is 0.508 e. The predicted molar refractivity (Wildman–Crippen MR) is 84.9 cm³/mol. The number of aromatic nitrogens is 3. The first kappa shape index (κ1) is 15.5. The zero-order valence-electron chi connectivity index (χ0n) is 13.0. The maximum Gasteiger partial charge on any atom is 0.358 e. The lowest BCUT2D eigenvalue weighted by Gasteiger charge is -2.21. The summed E-state index contributed by atoms with van der Waals surface area (Å²) in [6.07, 6.45) is 7.92. The van der Waals surface area contributed by atoms with E-state index in [2.05, 4.69) is 10.3 Å². The number of carboxylic acids is 1. The molecule has 0 atom stereocenters. The molecule has 0 amide bonds. The van der Waals surface area contributed by atoms with Gasteiger partial charge in [0.05, 0.1) is 11.4 Å². The highest BCUT2D eigenvalue weighted by atomic mass is 16.4. The summed E-state index contributed by atoms with van der Waals surface area (Å²) in [4.78, 5) is 11.4. The van der Waals surface area contributed by atoms with Crippen LogP contribution in [-0.2, 0) is 6.42 Å². The Labute approximate surface area is 134 Å². The van der Waals surface area contributed by atoms with E-state index in [0.717, 1.165) is 6.42 Å². The van der Waals surface area contributed by atoms with Crippen LogP contribution in [0.25, 0.3) is 5.69 Å². The number of hydrogen-bond acceptors (Lipinski definition) is 4. The third kappa shape index (κ3) is 3.52. The summed E-state index contributed by atoms with van der Waals surface area (Å²) in [6, 6.07) is 6.53. The van der Waals surface area contributed by atoms with Crippen molar-refractivity contribution in [1.82, 2.24) is 15.0 Å². The van der Waals surface area contributed by atoms with Gasteiger partial charge in [0.15, 0.2) is 5.69 Å². The van der Waals surface area contributed by atoms with E-state index in [9.17, 15) is 15.0 Å². The van der Waals surface area contributed by atoms with Crippen LogP contribution in [0.3, 0.4) is 0 Å². The Balaban J connectivity index is 1.84. The van der Waals surface area contributed by atoms with Gasteiger partial charge in [-0.25, -0.2) is 9.48 Å². The van der Waals surface area contributed by atoms with Gasteiger partial charge in [0, 0.05) is 0 Å². The summed E-state index contributed by atoms with van der Waals surface area (Å²) in [7, 11) is 0. The van der Waals surface area contributed by atoms with Crippen molar-refractivity contribution >= 4 is 5.97 Å². The highest BCUT2D eigenvalue weighted by Gasteiger charge is 2.22. The zero-order chi connectivity index (χ0) is 16.2. The molecule has 3 rings (SSSR count). The van der Waals surface area contributed by atoms with Crippen molar-refractivity contribution in [2.75, 3.05) is 0 Å². The highest BCUT2D eigenvalue weighted by Crippen LogP contribution is 2.28. The van der Waals surface area contributed by atoms with Gasteiger partial charge in [0.25, 0.3) is 0 Å². The van der Waals surface area contributed by atoms with Crippen molar-refractivity contribution in [1.29, 1.82) is 0 Å². The molecular weight excluding hydrogens is 294 g/mol. The van der Waals surface area contributed by atoms with E-state index >= 15 is 0 Å². The van der Waals surface area contributed by atoms with Crippen LogP contribution < -0.4 is 0 Å². The molecule has 0 saturated heterocycles. The minimum atomic E-state index is -1.05. The second-order valence-corrected chi connectivity index (χ2v) is 6.16. The Hall–Kier alpha value is -2.37. The molecule has 2 N–H and O–H groups in total. The molecule has 0 radical (unpaired) electrons. The van der Waals surface area contributed by atoms with Crippen LogP contribution >= 0.6 is 0 Å². The fourth-order valence-corrected chi connectivity index (χ4v) is 3.31. The number of carboxylic acid groups (broad SMARTS) is 1. The minimum Gasteiger partial charge on any atom is -0.508 e. The molecule has 122 valence electrons. The van der Waals surface area contributed by atoms with Crippen molar-refractivity contribution < 1.29 is 15.0 Å². The van der Waals surface area contributed by atoms with E-state index in [0.29, 0.717) is 23.7 Å². The predicted octanol–water partition coefficient (Wildman–Crippen LogP) is 3.18. The summed E-state index contributed by atoms with van der Waals surface area (Å²) < 4.78 is 1.58. The molecule has 6 nitrogen and oxygen atoms in total. The molecule has 1 aromatic carbocycles. The number of phenolic OH excluding ortho intramolecular Hbond substituents is 1. The maximum absolute atomic E-state index is 11.4. The number of aromatic carboxylic acids is 1. The fraction of sp³-hybridized carbons (Fsp3) is 0.471. The van der Waals surface area contributed by atoms with Crippen LogP contribution in [0.15, 0.2) is 24.3 Å². The molecule has 1 heterocycles. The van der Waals surface area contributed by atoms with E-state index in [1.807, 2.05) is 0 Å². The first-order valence-electron chi connectivity index (χ1n) is 8.12. The lowest BCUT2D eigenvalue weighted by atomic mass is 9.85. The fourth-order valence-electron chi connectivity index (χ4n) is 3.31. The summed E-state index contributed by atoms with van der Waals surface area (Å²) in [6.45, 7) is 0. The number of rotatable bonds is 5. The van der Waals surface area contributed by atoms with Crippen molar-refractivity contribution in [3.05, 3.63) is 35.7 Å². The van der Waals surface area contributed by atoms with Crippen LogP contribution in [0.1, 0.15) is 54.7 Å². The van der Waals surface area contributed by atoms with Crippen LogP contribution in [0, 0.1) is 5.92 Å². The van der Waals surface area contributed by atoms with Gasteiger partial charge in [-0.3, -0.25) is 0 Å². The number of phenols is 1. The zero-order valence-corrected chi connectivity index (χ0v) is 13.0. The standard InChI is InChI=1S/C17H21N3O3/c21-14-9-7-13(8-10-14)20-15(16(17(22)23)18-19-20)11-6-12-4-2-1-3-5-12/h7-10,12,21H,1-6,11H2,(H,22,23). The Morgan fingerprint density at radius 2 is 1.87 bits per heavy atom. The molecular formula is C17H21N3O3. The van der Waals surface area contributed by atoms with Crippen molar-refractivity contribution in [3.63, 3.8) is 0 Å². The second-order valence-electron chi connectivity index (χ2n) is 6.16. The van der Waals surface area contributed by atoms with E-state index < -0.39 is 5.97 Å². The summed E-state index contributed by atoms with van der Waals surface area (Å²) in [5.74, 6) is -0.224. The molecule has 1 fully saturated rings. The topological polar surface area (TPSA) is 88.2 Å². The number of nitrogens with zero attached hydrogens (tertiary/aromatic N) is 3. The van der Waals surface area contributed by atoms with E-state index in [-0.39, 0.29) is 11.4 Å². The SMILES string of the molecule is O=C(O)c1nnn(-c2ccc(O)cc2)c1CCC1CCCCC1. The molecule has 0 aliphatic heterocycles. The molecule has 1 aromatic heterocycles. The lowest BCUT2D eigenvalue weighted by molar-refractivity contribution is 0.0689. The molecule has 23 heavy (non-hydrogen) atoms. The van der Waals surface area contributed by atoms with E-state index in [4.69, 9.17) is 0 Å². The third-order valence-corrected chi connectivity index (χ3v) is 4.57.